The molecule has 1 N–H and O–H groups in total. The van der Waals surface area contributed by atoms with E-state index in [1.807, 2.05) is 0 Å². The Morgan fingerprint density at radius 3 is 2.45 bits per heavy atom. The van der Waals surface area contributed by atoms with Crippen LogP contribution in [0.15, 0.2) is 24.3 Å². The maximum atomic E-state index is 12.7. The molecule has 2 rings (SSSR count). The van der Waals surface area contributed by atoms with Gasteiger partial charge in [-0.2, -0.15) is 0 Å². The second-order valence-electron chi connectivity index (χ2n) is 4.99. The van der Waals surface area contributed by atoms with Gasteiger partial charge in [0.25, 0.3) is 0 Å². The molecule has 0 unspecified atom stereocenters. The van der Waals surface area contributed by atoms with Crippen molar-refractivity contribution in [1.82, 2.24) is 10.2 Å². The van der Waals surface area contributed by atoms with Gasteiger partial charge >= 0.3 is 0 Å². The molecule has 1 aromatic rings. The monoisotopic (exact) mass is 278 g/mol. The molecule has 20 heavy (non-hydrogen) atoms. The third-order valence-corrected chi connectivity index (χ3v) is 3.42. The van der Waals surface area contributed by atoms with Crippen molar-refractivity contribution in [2.45, 2.75) is 25.7 Å². The molecule has 1 heterocycles. The highest BCUT2D eigenvalue weighted by atomic mass is 19.1. The number of nitrogens with one attached hydrogen (secondary N) is 1. The zero-order chi connectivity index (χ0) is 14.4. The third-order valence-electron chi connectivity index (χ3n) is 3.42. The SMILES string of the molecule is O=C(CC(=O)N1CCCC1)NCCc1ccc(F)cc1. The van der Waals surface area contributed by atoms with Gasteiger partial charge in [0.15, 0.2) is 0 Å². The quantitative estimate of drug-likeness (QED) is 0.830. The molecule has 1 aromatic carbocycles. The van der Waals surface area contributed by atoms with Gasteiger partial charge in [-0.3, -0.25) is 9.59 Å². The minimum Gasteiger partial charge on any atom is -0.355 e. The van der Waals surface area contributed by atoms with E-state index in [4.69, 9.17) is 0 Å². The molecule has 5 heteroatoms. The van der Waals surface area contributed by atoms with E-state index in [0.717, 1.165) is 31.5 Å². The van der Waals surface area contributed by atoms with Gasteiger partial charge in [-0.05, 0) is 37.0 Å². The number of carbonyl (C=O) groups excluding carboxylic acids is 2. The normalized spacial score (nSPS) is 14.3. The average molecular weight is 278 g/mol. The Morgan fingerprint density at radius 1 is 1.15 bits per heavy atom. The summed E-state index contributed by atoms with van der Waals surface area (Å²) in [6.07, 6.45) is 2.60. The molecule has 108 valence electrons. The predicted molar refractivity (Wildman–Crippen MR) is 73.5 cm³/mol. The first-order valence-corrected chi connectivity index (χ1v) is 6.94. The van der Waals surface area contributed by atoms with Crippen LogP contribution < -0.4 is 5.32 Å². The summed E-state index contributed by atoms with van der Waals surface area (Å²) in [4.78, 5) is 25.1. The number of hydrogen-bond donors (Lipinski definition) is 1. The number of rotatable bonds is 5. The van der Waals surface area contributed by atoms with Crippen LogP contribution in [0, 0.1) is 5.82 Å². The van der Waals surface area contributed by atoms with E-state index < -0.39 is 0 Å². The Bertz CT molecular complexity index is 467. The van der Waals surface area contributed by atoms with E-state index in [2.05, 4.69) is 5.32 Å². The fourth-order valence-corrected chi connectivity index (χ4v) is 2.28. The van der Waals surface area contributed by atoms with Gasteiger partial charge in [0, 0.05) is 19.6 Å². The van der Waals surface area contributed by atoms with Crippen molar-refractivity contribution >= 4 is 11.8 Å². The summed E-state index contributed by atoms with van der Waals surface area (Å²) in [7, 11) is 0. The Labute approximate surface area is 118 Å². The van der Waals surface area contributed by atoms with Crippen LogP contribution in [0.25, 0.3) is 0 Å². The van der Waals surface area contributed by atoms with Crippen LogP contribution in [0.1, 0.15) is 24.8 Å². The molecule has 0 saturated carbocycles. The second-order valence-corrected chi connectivity index (χ2v) is 4.99. The Morgan fingerprint density at radius 2 is 1.80 bits per heavy atom. The first-order chi connectivity index (χ1) is 9.65. The molecule has 0 aromatic heterocycles. The van der Waals surface area contributed by atoms with Crippen LogP contribution in [0.2, 0.25) is 0 Å². The van der Waals surface area contributed by atoms with Crippen LogP contribution in [-0.4, -0.2) is 36.3 Å². The summed E-state index contributed by atoms with van der Waals surface area (Å²) in [5, 5.41) is 2.72. The molecule has 1 fully saturated rings. The van der Waals surface area contributed by atoms with Gasteiger partial charge < -0.3 is 10.2 Å². The van der Waals surface area contributed by atoms with E-state index in [9.17, 15) is 14.0 Å². The zero-order valence-corrected chi connectivity index (χ0v) is 11.4. The lowest BCUT2D eigenvalue weighted by molar-refractivity contribution is -0.135. The van der Waals surface area contributed by atoms with Crippen molar-refractivity contribution in [3.63, 3.8) is 0 Å². The van der Waals surface area contributed by atoms with Crippen LogP contribution >= 0.6 is 0 Å². The molecule has 1 aliphatic rings. The lowest BCUT2D eigenvalue weighted by Gasteiger charge is -2.14. The number of amides is 2. The van der Waals surface area contributed by atoms with Crippen LogP contribution in [0.5, 0.6) is 0 Å². The minimum absolute atomic E-state index is 0.0799. The van der Waals surface area contributed by atoms with Crippen molar-refractivity contribution in [1.29, 1.82) is 0 Å². The predicted octanol–water partition coefficient (Wildman–Crippen LogP) is 1.50. The second kappa shape index (κ2) is 7.03. The molecular weight excluding hydrogens is 259 g/mol. The van der Waals surface area contributed by atoms with Crippen molar-refractivity contribution in [3.8, 4) is 0 Å². The number of nitrogens with zero attached hydrogens (tertiary/aromatic N) is 1. The van der Waals surface area contributed by atoms with Gasteiger partial charge in [-0.1, -0.05) is 12.1 Å². The van der Waals surface area contributed by atoms with Gasteiger partial charge in [0.1, 0.15) is 12.2 Å². The lowest BCUT2D eigenvalue weighted by atomic mass is 10.1. The zero-order valence-electron chi connectivity index (χ0n) is 11.4. The number of benzene rings is 1. The highest BCUT2D eigenvalue weighted by Crippen LogP contribution is 2.08. The van der Waals surface area contributed by atoms with Crippen LogP contribution in [0.3, 0.4) is 0 Å². The van der Waals surface area contributed by atoms with E-state index in [1.54, 1.807) is 17.0 Å². The van der Waals surface area contributed by atoms with Crippen molar-refractivity contribution in [2.75, 3.05) is 19.6 Å². The fourth-order valence-electron chi connectivity index (χ4n) is 2.28. The molecule has 2 amide bonds. The Balaban J connectivity index is 1.67. The van der Waals surface area contributed by atoms with Crippen LogP contribution in [-0.2, 0) is 16.0 Å². The molecule has 0 bridgehead atoms. The van der Waals surface area contributed by atoms with Gasteiger partial charge in [-0.25, -0.2) is 4.39 Å². The number of carbonyl (C=O) groups is 2. The average Bonchev–Trinajstić information content (AvgIpc) is 2.95. The first kappa shape index (κ1) is 14.5. The molecule has 0 spiro atoms. The molecular formula is C15H19FN2O2. The molecule has 4 nitrogen and oxygen atoms in total. The van der Waals surface area contributed by atoms with Gasteiger partial charge in [-0.15, -0.1) is 0 Å². The van der Waals surface area contributed by atoms with E-state index in [-0.39, 0.29) is 24.1 Å². The maximum absolute atomic E-state index is 12.7. The third kappa shape index (κ3) is 4.33. The van der Waals surface area contributed by atoms with Crippen molar-refractivity contribution < 1.29 is 14.0 Å². The molecule has 1 saturated heterocycles. The Hall–Kier alpha value is -1.91. The first-order valence-electron chi connectivity index (χ1n) is 6.94. The highest BCUT2D eigenvalue weighted by Gasteiger charge is 2.19. The standard InChI is InChI=1S/C15H19FN2O2/c16-13-5-3-12(4-6-13)7-8-17-14(19)11-15(20)18-9-1-2-10-18/h3-6H,1-2,7-11H2,(H,17,19). The largest absolute Gasteiger partial charge is 0.355 e. The summed E-state index contributed by atoms with van der Waals surface area (Å²) >= 11 is 0. The van der Waals surface area contributed by atoms with Crippen molar-refractivity contribution in [3.05, 3.63) is 35.6 Å². The summed E-state index contributed by atoms with van der Waals surface area (Å²) in [6, 6.07) is 6.18. The van der Waals surface area contributed by atoms with E-state index in [1.165, 1.54) is 12.1 Å². The number of halogens is 1. The summed E-state index contributed by atoms with van der Waals surface area (Å²) in [5.41, 5.74) is 0.956. The summed E-state index contributed by atoms with van der Waals surface area (Å²) in [6.45, 7) is 1.99. The summed E-state index contributed by atoms with van der Waals surface area (Å²) < 4.78 is 12.7. The fraction of sp³-hybridized carbons (Fsp3) is 0.467. The Kier molecular flexibility index (Phi) is 5.09. The number of hydrogen-bond acceptors (Lipinski definition) is 2. The van der Waals surface area contributed by atoms with Crippen molar-refractivity contribution in [2.24, 2.45) is 0 Å². The molecule has 0 radical (unpaired) electrons. The molecule has 0 atom stereocenters. The smallest absolute Gasteiger partial charge is 0.232 e. The topological polar surface area (TPSA) is 49.4 Å². The highest BCUT2D eigenvalue weighted by molar-refractivity contribution is 5.96. The van der Waals surface area contributed by atoms with Crippen LogP contribution in [0.4, 0.5) is 4.39 Å². The summed E-state index contributed by atoms with van der Waals surface area (Å²) in [5.74, 6) is -0.611. The van der Waals surface area contributed by atoms with Gasteiger partial charge in [0.05, 0.1) is 0 Å². The van der Waals surface area contributed by atoms with Gasteiger partial charge in [0.2, 0.25) is 11.8 Å². The lowest BCUT2D eigenvalue weighted by Crippen LogP contribution is -2.34. The van der Waals surface area contributed by atoms with E-state index in [0.29, 0.717) is 13.0 Å². The minimum atomic E-state index is -0.269. The molecule has 0 aliphatic carbocycles. The maximum Gasteiger partial charge on any atom is 0.232 e. The molecule has 1 aliphatic heterocycles. The number of likely N-dealkylation sites (tertiary alicyclic amines) is 1. The van der Waals surface area contributed by atoms with E-state index >= 15 is 0 Å².